The highest BCUT2D eigenvalue weighted by molar-refractivity contribution is 5.25. The molecule has 2 N–H and O–H groups in total. The van der Waals surface area contributed by atoms with E-state index < -0.39 is 0 Å². The van der Waals surface area contributed by atoms with Gasteiger partial charge in [0.25, 0.3) is 0 Å². The molecule has 2 unspecified atom stereocenters. The van der Waals surface area contributed by atoms with E-state index in [0.717, 1.165) is 12.3 Å². The number of rotatable bonds is 3. The van der Waals surface area contributed by atoms with Crippen LogP contribution in [0.5, 0.6) is 0 Å². The van der Waals surface area contributed by atoms with Gasteiger partial charge in [-0.1, -0.05) is 43.2 Å². The van der Waals surface area contributed by atoms with Crippen LogP contribution < -0.4 is 5.73 Å². The fourth-order valence-corrected chi connectivity index (χ4v) is 2.25. The van der Waals surface area contributed by atoms with Crippen LogP contribution in [-0.4, -0.2) is 5.54 Å². The molecule has 2 rings (SSSR count). The first-order valence-electron chi connectivity index (χ1n) is 5.48. The fraction of sp³-hybridized carbons (Fsp3) is 0.538. The van der Waals surface area contributed by atoms with Gasteiger partial charge in [0, 0.05) is 5.54 Å². The molecule has 0 saturated heterocycles. The number of nitrogens with two attached hydrogens (primary N) is 1. The van der Waals surface area contributed by atoms with Crippen molar-refractivity contribution < 1.29 is 0 Å². The maximum Gasteiger partial charge on any atom is 0.0227 e. The number of aryl methyl sites for hydroxylation is 1. The summed E-state index contributed by atoms with van der Waals surface area (Å²) in [5.74, 6) is 0.754. The van der Waals surface area contributed by atoms with Gasteiger partial charge < -0.3 is 5.73 Å². The van der Waals surface area contributed by atoms with Crippen molar-refractivity contribution in [3.05, 3.63) is 35.4 Å². The van der Waals surface area contributed by atoms with Crippen LogP contribution >= 0.6 is 0 Å². The first-order valence-corrected chi connectivity index (χ1v) is 5.48. The third-order valence-electron chi connectivity index (χ3n) is 3.43. The normalized spacial score (nSPS) is 30.4. The standard InChI is InChI=1S/C13H19N/c1-3-12-9-13(12,14)8-11-6-4-10(2)5-7-11/h4-7,12H,3,8-9,14H2,1-2H3. The summed E-state index contributed by atoms with van der Waals surface area (Å²) in [6.07, 6.45) is 3.48. The second kappa shape index (κ2) is 3.39. The molecule has 76 valence electrons. The van der Waals surface area contributed by atoms with E-state index in [1.165, 1.54) is 24.0 Å². The van der Waals surface area contributed by atoms with Crippen LogP contribution in [0.1, 0.15) is 30.9 Å². The van der Waals surface area contributed by atoms with Gasteiger partial charge >= 0.3 is 0 Å². The molecule has 1 aromatic carbocycles. The Morgan fingerprint density at radius 1 is 1.36 bits per heavy atom. The second-order valence-corrected chi connectivity index (χ2v) is 4.70. The Balaban J connectivity index is 2.02. The van der Waals surface area contributed by atoms with Crippen molar-refractivity contribution in [1.29, 1.82) is 0 Å². The molecule has 1 aliphatic rings. The van der Waals surface area contributed by atoms with Gasteiger partial charge in [0.05, 0.1) is 0 Å². The molecule has 0 amide bonds. The predicted octanol–water partition coefficient (Wildman–Crippen LogP) is 2.66. The van der Waals surface area contributed by atoms with Gasteiger partial charge in [0.2, 0.25) is 0 Å². The van der Waals surface area contributed by atoms with E-state index >= 15 is 0 Å². The first kappa shape index (κ1) is 9.72. The zero-order valence-corrected chi connectivity index (χ0v) is 9.09. The lowest BCUT2D eigenvalue weighted by molar-refractivity contribution is 0.579. The molecule has 1 aliphatic carbocycles. The summed E-state index contributed by atoms with van der Waals surface area (Å²) in [6.45, 7) is 4.35. The quantitative estimate of drug-likeness (QED) is 0.777. The highest BCUT2D eigenvalue weighted by atomic mass is 14.9. The van der Waals surface area contributed by atoms with Crippen molar-refractivity contribution in [3.63, 3.8) is 0 Å². The maximum atomic E-state index is 6.27. The lowest BCUT2D eigenvalue weighted by Gasteiger charge is -2.10. The minimum atomic E-state index is 0.115. The number of hydrogen-bond donors (Lipinski definition) is 1. The molecule has 14 heavy (non-hydrogen) atoms. The molecule has 1 heteroatoms. The number of benzene rings is 1. The van der Waals surface area contributed by atoms with E-state index in [1.807, 2.05) is 0 Å². The summed E-state index contributed by atoms with van der Waals surface area (Å²) in [4.78, 5) is 0. The lowest BCUT2D eigenvalue weighted by atomic mass is 10.0. The molecule has 0 spiro atoms. The van der Waals surface area contributed by atoms with Crippen molar-refractivity contribution >= 4 is 0 Å². The Bertz CT molecular complexity index is 315. The largest absolute Gasteiger partial charge is 0.325 e. The van der Waals surface area contributed by atoms with Crippen molar-refractivity contribution in [2.75, 3.05) is 0 Å². The van der Waals surface area contributed by atoms with Gasteiger partial charge in [-0.05, 0) is 31.2 Å². The molecule has 1 fully saturated rings. The van der Waals surface area contributed by atoms with Gasteiger partial charge in [0.15, 0.2) is 0 Å². The van der Waals surface area contributed by atoms with E-state index in [9.17, 15) is 0 Å². The highest BCUT2D eigenvalue weighted by Crippen LogP contribution is 2.45. The van der Waals surface area contributed by atoms with Crippen LogP contribution in [-0.2, 0) is 6.42 Å². The predicted molar refractivity (Wildman–Crippen MR) is 60.2 cm³/mol. The van der Waals surface area contributed by atoms with Crippen LogP contribution in [0.2, 0.25) is 0 Å². The molecule has 1 saturated carbocycles. The molecule has 0 heterocycles. The first-order chi connectivity index (χ1) is 6.64. The van der Waals surface area contributed by atoms with Gasteiger partial charge in [-0.2, -0.15) is 0 Å². The SMILES string of the molecule is CCC1CC1(N)Cc1ccc(C)cc1. The van der Waals surface area contributed by atoms with E-state index in [2.05, 4.69) is 38.1 Å². The van der Waals surface area contributed by atoms with Crippen LogP contribution in [0.4, 0.5) is 0 Å². The van der Waals surface area contributed by atoms with Gasteiger partial charge in [0.1, 0.15) is 0 Å². The van der Waals surface area contributed by atoms with Crippen molar-refractivity contribution in [1.82, 2.24) is 0 Å². The lowest BCUT2D eigenvalue weighted by Crippen LogP contribution is -2.27. The topological polar surface area (TPSA) is 26.0 Å². The van der Waals surface area contributed by atoms with Gasteiger partial charge in [-0.25, -0.2) is 0 Å². The van der Waals surface area contributed by atoms with Crippen molar-refractivity contribution in [2.45, 2.75) is 38.6 Å². The Kier molecular flexibility index (Phi) is 2.36. The van der Waals surface area contributed by atoms with Crippen molar-refractivity contribution in [3.8, 4) is 0 Å². The minimum absolute atomic E-state index is 0.115. The molecule has 0 radical (unpaired) electrons. The summed E-state index contributed by atoms with van der Waals surface area (Å²) in [6, 6.07) is 8.74. The molecule has 1 nitrogen and oxygen atoms in total. The Morgan fingerprint density at radius 2 is 2.00 bits per heavy atom. The molecular weight excluding hydrogens is 170 g/mol. The zero-order valence-electron chi connectivity index (χ0n) is 9.09. The smallest absolute Gasteiger partial charge is 0.0227 e. The highest BCUT2D eigenvalue weighted by Gasteiger charge is 2.48. The molecule has 0 aliphatic heterocycles. The van der Waals surface area contributed by atoms with Crippen LogP contribution in [0.3, 0.4) is 0 Å². The average Bonchev–Trinajstić information content (AvgIpc) is 2.81. The fourth-order valence-electron chi connectivity index (χ4n) is 2.25. The average molecular weight is 189 g/mol. The Morgan fingerprint density at radius 3 is 2.50 bits per heavy atom. The van der Waals surface area contributed by atoms with E-state index in [4.69, 9.17) is 5.73 Å². The molecule has 0 bridgehead atoms. The molecule has 0 aromatic heterocycles. The van der Waals surface area contributed by atoms with E-state index in [1.54, 1.807) is 0 Å². The maximum absolute atomic E-state index is 6.27. The van der Waals surface area contributed by atoms with Crippen LogP contribution in [0, 0.1) is 12.8 Å². The van der Waals surface area contributed by atoms with Gasteiger partial charge in [-0.15, -0.1) is 0 Å². The van der Waals surface area contributed by atoms with Crippen LogP contribution in [0.25, 0.3) is 0 Å². The van der Waals surface area contributed by atoms with Crippen LogP contribution in [0.15, 0.2) is 24.3 Å². The number of hydrogen-bond acceptors (Lipinski definition) is 1. The van der Waals surface area contributed by atoms with E-state index in [-0.39, 0.29) is 5.54 Å². The Labute approximate surface area is 86.3 Å². The summed E-state index contributed by atoms with van der Waals surface area (Å²) in [5, 5.41) is 0. The van der Waals surface area contributed by atoms with Gasteiger partial charge in [-0.3, -0.25) is 0 Å². The summed E-state index contributed by atoms with van der Waals surface area (Å²) in [7, 11) is 0. The summed E-state index contributed by atoms with van der Waals surface area (Å²) >= 11 is 0. The third-order valence-corrected chi connectivity index (χ3v) is 3.43. The minimum Gasteiger partial charge on any atom is -0.325 e. The van der Waals surface area contributed by atoms with Crippen molar-refractivity contribution in [2.24, 2.45) is 11.7 Å². The third kappa shape index (κ3) is 1.83. The van der Waals surface area contributed by atoms with E-state index in [0.29, 0.717) is 0 Å². The molecule has 1 aromatic rings. The Hall–Kier alpha value is -0.820. The monoisotopic (exact) mass is 189 g/mol. The summed E-state index contributed by atoms with van der Waals surface area (Å²) < 4.78 is 0. The second-order valence-electron chi connectivity index (χ2n) is 4.70. The molecular formula is C13H19N. The molecule has 2 atom stereocenters. The summed E-state index contributed by atoms with van der Waals surface area (Å²) in [5.41, 5.74) is 9.09. The zero-order chi connectivity index (χ0) is 10.2.